The molecule has 1 amide bonds. The highest BCUT2D eigenvalue weighted by Crippen LogP contribution is 2.24. The van der Waals surface area contributed by atoms with Crippen molar-refractivity contribution < 1.29 is 4.79 Å². The number of amides is 1. The third-order valence-corrected chi connectivity index (χ3v) is 4.89. The van der Waals surface area contributed by atoms with E-state index in [0.29, 0.717) is 22.6 Å². The molecule has 0 aliphatic rings. The van der Waals surface area contributed by atoms with Crippen LogP contribution in [0.1, 0.15) is 13.8 Å². The van der Waals surface area contributed by atoms with Crippen molar-refractivity contribution in [3.05, 3.63) is 46.8 Å². The summed E-state index contributed by atoms with van der Waals surface area (Å²) < 4.78 is 1.58. The lowest BCUT2D eigenvalue weighted by atomic mass is 10.1. The zero-order valence-corrected chi connectivity index (χ0v) is 13.8. The van der Waals surface area contributed by atoms with Gasteiger partial charge in [-0.15, -0.1) is 0 Å². The fourth-order valence-corrected chi connectivity index (χ4v) is 3.40. The van der Waals surface area contributed by atoms with E-state index in [1.54, 1.807) is 11.5 Å². The summed E-state index contributed by atoms with van der Waals surface area (Å²) in [5, 5.41) is 2.69. The molecule has 0 saturated carbocycles. The van der Waals surface area contributed by atoms with E-state index in [2.05, 4.69) is 4.98 Å². The van der Waals surface area contributed by atoms with Gasteiger partial charge in [0.15, 0.2) is 5.16 Å². The maximum absolute atomic E-state index is 12.8. The van der Waals surface area contributed by atoms with Gasteiger partial charge in [0.2, 0.25) is 5.91 Å². The topological polar surface area (TPSA) is 78.0 Å². The quantitative estimate of drug-likeness (QED) is 0.454. The fraction of sp³-hybridized carbons (Fsp3) is 0.235. The molecule has 1 aromatic heterocycles. The molecule has 0 spiro atoms. The number of hydrogen-bond donors (Lipinski definition) is 1. The molecule has 0 radical (unpaired) electrons. The second-order valence-electron chi connectivity index (χ2n) is 5.32. The van der Waals surface area contributed by atoms with Crippen LogP contribution in [-0.2, 0) is 11.3 Å². The number of carbonyl (C=O) groups excluding carboxylic acids is 1. The smallest absolute Gasteiger partial charge is 0.262 e. The molecule has 3 rings (SSSR count). The summed E-state index contributed by atoms with van der Waals surface area (Å²) in [6.07, 6.45) is 0. The Hall–Kier alpha value is -2.34. The van der Waals surface area contributed by atoms with Gasteiger partial charge < -0.3 is 5.73 Å². The van der Waals surface area contributed by atoms with Gasteiger partial charge in [0.05, 0.1) is 16.2 Å². The Bertz CT molecular complexity index is 965. The first-order chi connectivity index (χ1) is 11.0. The van der Waals surface area contributed by atoms with Crippen molar-refractivity contribution in [1.29, 1.82) is 0 Å². The molecule has 2 aromatic carbocycles. The van der Waals surface area contributed by atoms with Gasteiger partial charge in [-0.1, -0.05) is 36.0 Å². The Morgan fingerprint density at radius 2 is 1.96 bits per heavy atom. The third-order valence-electron chi connectivity index (χ3n) is 3.79. The van der Waals surface area contributed by atoms with E-state index in [9.17, 15) is 9.59 Å². The van der Waals surface area contributed by atoms with E-state index in [-0.39, 0.29) is 5.56 Å². The van der Waals surface area contributed by atoms with Crippen molar-refractivity contribution >= 4 is 39.3 Å². The van der Waals surface area contributed by atoms with Crippen LogP contribution in [0.3, 0.4) is 0 Å². The lowest BCUT2D eigenvalue weighted by molar-refractivity contribution is -0.117. The molecule has 23 heavy (non-hydrogen) atoms. The number of nitrogens with zero attached hydrogens (tertiary/aromatic N) is 2. The van der Waals surface area contributed by atoms with Crippen molar-refractivity contribution in [1.82, 2.24) is 9.55 Å². The van der Waals surface area contributed by atoms with Gasteiger partial charge in [-0.25, -0.2) is 4.98 Å². The first-order valence-corrected chi connectivity index (χ1v) is 8.28. The molecule has 0 aliphatic heterocycles. The van der Waals surface area contributed by atoms with Crippen LogP contribution in [0.4, 0.5) is 0 Å². The van der Waals surface area contributed by atoms with E-state index in [0.717, 1.165) is 10.8 Å². The number of nitrogens with two attached hydrogens (primary N) is 1. The van der Waals surface area contributed by atoms with Gasteiger partial charge in [-0.05, 0) is 36.8 Å². The maximum Gasteiger partial charge on any atom is 0.262 e. The number of hydrogen-bond acceptors (Lipinski definition) is 4. The Labute approximate surface area is 137 Å². The molecule has 0 saturated heterocycles. The Balaban J connectivity index is 2.26. The van der Waals surface area contributed by atoms with Crippen molar-refractivity contribution in [3.8, 4) is 0 Å². The summed E-state index contributed by atoms with van der Waals surface area (Å²) in [5.74, 6) is -0.425. The van der Waals surface area contributed by atoms with Gasteiger partial charge in [0, 0.05) is 6.54 Å². The average molecular weight is 327 g/mol. The number of aromatic nitrogens is 2. The summed E-state index contributed by atoms with van der Waals surface area (Å²) in [4.78, 5) is 28.7. The molecule has 118 valence electrons. The van der Waals surface area contributed by atoms with Crippen LogP contribution >= 0.6 is 11.8 Å². The molecule has 6 heteroatoms. The predicted molar refractivity (Wildman–Crippen MR) is 93.7 cm³/mol. The molecule has 0 bridgehead atoms. The molecule has 2 N–H and O–H groups in total. The molecule has 0 unspecified atom stereocenters. The van der Waals surface area contributed by atoms with E-state index in [1.807, 2.05) is 43.3 Å². The zero-order valence-electron chi connectivity index (χ0n) is 12.9. The monoisotopic (exact) mass is 327 g/mol. The second-order valence-corrected chi connectivity index (χ2v) is 6.63. The maximum atomic E-state index is 12.8. The Morgan fingerprint density at radius 1 is 1.30 bits per heavy atom. The lowest BCUT2D eigenvalue weighted by Gasteiger charge is -2.13. The largest absolute Gasteiger partial charge is 0.369 e. The van der Waals surface area contributed by atoms with E-state index in [4.69, 9.17) is 5.73 Å². The minimum absolute atomic E-state index is 0.0950. The van der Waals surface area contributed by atoms with Gasteiger partial charge >= 0.3 is 0 Å². The molecular formula is C17H17N3O2S. The van der Waals surface area contributed by atoms with Crippen LogP contribution in [0.2, 0.25) is 0 Å². The molecule has 3 aromatic rings. The van der Waals surface area contributed by atoms with Crippen LogP contribution < -0.4 is 11.3 Å². The summed E-state index contributed by atoms with van der Waals surface area (Å²) in [6, 6.07) is 11.6. The Morgan fingerprint density at radius 3 is 2.57 bits per heavy atom. The van der Waals surface area contributed by atoms with Crippen molar-refractivity contribution in [2.45, 2.75) is 30.8 Å². The van der Waals surface area contributed by atoms with E-state index >= 15 is 0 Å². The summed E-state index contributed by atoms with van der Waals surface area (Å²) in [5.41, 5.74) is 5.87. The number of primary amides is 1. The molecule has 0 fully saturated rings. The molecule has 0 aliphatic carbocycles. The second kappa shape index (κ2) is 6.04. The van der Waals surface area contributed by atoms with Crippen molar-refractivity contribution in [2.24, 2.45) is 5.73 Å². The highest BCUT2D eigenvalue weighted by Gasteiger charge is 2.17. The minimum atomic E-state index is -0.447. The zero-order chi connectivity index (χ0) is 16.6. The van der Waals surface area contributed by atoms with Crippen molar-refractivity contribution in [2.75, 3.05) is 0 Å². The molecular weight excluding hydrogens is 310 g/mol. The van der Waals surface area contributed by atoms with Crippen LogP contribution in [0.5, 0.6) is 0 Å². The molecule has 5 nitrogen and oxygen atoms in total. The summed E-state index contributed by atoms with van der Waals surface area (Å²) in [6.45, 7) is 4.08. The van der Waals surface area contributed by atoms with Gasteiger partial charge in [0.25, 0.3) is 5.56 Å². The van der Waals surface area contributed by atoms with E-state index < -0.39 is 11.2 Å². The van der Waals surface area contributed by atoms with Crippen LogP contribution in [-0.4, -0.2) is 20.7 Å². The number of benzene rings is 2. The number of carbonyl (C=O) groups is 1. The normalized spacial score (nSPS) is 12.6. The summed E-state index contributed by atoms with van der Waals surface area (Å²) in [7, 11) is 0. The first kappa shape index (κ1) is 15.6. The van der Waals surface area contributed by atoms with Crippen molar-refractivity contribution in [3.63, 3.8) is 0 Å². The van der Waals surface area contributed by atoms with Crippen LogP contribution in [0, 0.1) is 0 Å². The SMILES string of the molecule is CCn1c(S[C@@H](C)C(N)=O)nc2cc3ccccc3cc2c1=O. The Kier molecular flexibility index (Phi) is 4.09. The highest BCUT2D eigenvalue weighted by molar-refractivity contribution is 8.00. The first-order valence-electron chi connectivity index (χ1n) is 7.40. The molecule has 1 heterocycles. The average Bonchev–Trinajstić information content (AvgIpc) is 2.53. The van der Waals surface area contributed by atoms with Crippen LogP contribution in [0.15, 0.2) is 46.3 Å². The van der Waals surface area contributed by atoms with Gasteiger partial charge in [-0.3, -0.25) is 14.2 Å². The number of rotatable bonds is 4. The fourth-order valence-electron chi connectivity index (χ4n) is 2.47. The predicted octanol–water partition coefficient (Wildman–Crippen LogP) is 2.54. The number of thioether (sulfide) groups is 1. The molecule has 1 atom stereocenters. The number of fused-ring (bicyclic) bond motifs is 2. The minimum Gasteiger partial charge on any atom is -0.369 e. The third kappa shape index (κ3) is 2.82. The van der Waals surface area contributed by atoms with Gasteiger partial charge in [0.1, 0.15) is 0 Å². The summed E-state index contributed by atoms with van der Waals surface area (Å²) >= 11 is 1.21. The lowest BCUT2D eigenvalue weighted by Crippen LogP contribution is -2.26. The highest BCUT2D eigenvalue weighted by atomic mass is 32.2. The standard InChI is InChI=1S/C17H17N3O2S/c1-3-20-16(22)13-8-11-6-4-5-7-12(11)9-14(13)19-17(20)23-10(2)15(18)21/h4-10H,3H2,1-2H3,(H2,18,21)/t10-/m0/s1. The van der Waals surface area contributed by atoms with Crippen LogP contribution in [0.25, 0.3) is 21.7 Å². The van der Waals surface area contributed by atoms with Gasteiger partial charge in [-0.2, -0.15) is 0 Å². The van der Waals surface area contributed by atoms with E-state index in [1.165, 1.54) is 11.8 Å².